The fraction of sp³-hybridized carbons (Fsp3) is 0.182. The van der Waals surface area contributed by atoms with Crippen molar-refractivity contribution < 1.29 is 8.42 Å². The summed E-state index contributed by atoms with van der Waals surface area (Å²) in [6.07, 6.45) is 3.04. The fourth-order valence-electron chi connectivity index (χ4n) is 1.55. The summed E-state index contributed by atoms with van der Waals surface area (Å²) in [4.78, 5) is 4.09. The number of hydrogen-bond acceptors (Lipinski definition) is 4. The van der Waals surface area contributed by atoms with Crippen molar-refractivity contribution in [2.45, 2.75) is 11.4 Å². The van der Waals surface area contributed by atoms with Gasteiger partial charge in [0.25, 0.3) is 10.0 Å². The zero-order valence-corrected chi connectivity index (χ0v) is 10.7. The van der Waals surface area contributed by atoms with E-state index in [9.17, 15) is 8.42 Å². The molecular formula is C11H14N4O2S. The summed E-state index contributed by atoms with van der Waals surface area (Å²) >= 11 is 0. The van der Waals surface area contributed by atoms with Crippen molar-refractivity contribution >= 4 is 15.8 Å². The molecule has 0 saturated heterocycles. The van der Waals surface area contributed by atoms with Crippen LogP contribution in [0.5, 0.6) is 0 Å². The normalized spacial score (nSPS) is 11.4. The van der Waals surface area contributed by atoms with Gasteiger partial charge in [0.2, 0.25) is 0 Å². The molecule has 2 aromatic heterocycles. The van der Waals surface area contributed by atoms with E-state index in [1.807, 2.05) is 0 Å². The summed E-state index contributed by atoms with van der Waals surface area (Å²) in [5.41, 5.74) is 6.26. The summed E-state index contributed by atoms with van der Waals surface area (Å²) in [5, 5.41) is 0. The van der Waals surface area contributed by atoms with Gasteiger partial charge in [-0.05, 0) is 18.2 Å². The van der Waals surface area contributed by atoms with Gasteiger partial charge in [0, 0.05) is 31.7 Å². The second-order valence-corrected chi connectivity index (χ2v) is 5.49. The van der Waals surface area contributed by atoms with Crippen LogP contribution in [-0.2, 0) is 23.6 Å². The number of anilines is 1. The van der Waals surface area contributed by atoms with Crippen LogP contribution in [0.1, 0.15) is 5.69 Å². The third kappa shape index (κ3) is 2.52. The SMILES string of the molecule is Cn1cc(S(=O)(=O)Nc2ccccn2)cc1CN. The van der Waals surface area contributed by atoms with Crippen molar-refractivity contribution in [3.63, 3.8) is 0 Å². The monoisotopic (exact) mass is 266 g/mol. The van der Waals surface area contributed by atoms with E-state index in [-0.39, 0.29) is 17.3 Å². The lowest BCUT2D eigenvalue weighted by Gasteiger charge is -2.04. The summed E-state index contributed by atoms with van der Waals surface area (Å²) in [6, 6.07) is 6.56. The van der Waals surface area contributed by atoms with Crippen LogP contribution in [0.2, 0.25) is 0 Å². The lowest BCUT2D eigenvalue weighted by atomic mass is 10.4. The van der Waals surface area contributed by atoms with Crippen LogP contribution in [0.25, 0.3) is 0 Å². The third-order valence-corrected chi connectivity index (χ3v) is 3.83. The fourth-order valence-corrected chi connectivity index (χ4v) is 2.65. The minimum atomic E-state index is -3.61. The van der Waals surface area contributed by atoms with Crippen molar-refractivity contribution in [2.75, 3.05) is 4.72 Å². The molecule has 0 radical (unpaired) electrons. The molecule has 0 amide bonds. The number of sulfonamides is 1. The van der Waals surface area contributed by atoms with Crippen LogP contribution >= 0.6 is 0 Å². The molecule has 0 fully saturated rings. The van der Waals surface area contributed by atoms with E-state index in [1.165, 1.54) is 12.4 Å². The second-order valence-electron chi connectivity index (χ2n) is 3.80. The van der Waals surface area contributed by atoms with E-state index < -0.39 is 10.0 Å². The predicted octanol–water partition coefficient (Wildman–Crippen LogP) is 0.680. The first-order valence-corrected chi connectivity index (χ1v) is 6.80. The van der Waals surface area contributed by atoms with Crippen LogP contribution in [0.3, 0.4) is 0 Å². The minimum Gasteiger partial charge on any atom is -0.352 e. The molecular weight excluding hydrogens is 252 g/mol. The van der Waals surface area contributed by atoms with Gasteiger partial charge in [0.15, 0.2) is 0 Å². The highest BCUT2D eigenvalue weighted by Gasteiger charge is 2.17. The summed E-state index contributed by atoms with van der Waals surface area (Å²) in [5.74, 6) is 0.288. The lowest BCUT2D eigenvalue weighted by Crippen LogP contribution is -2.13. The first kappa shape index (κ1) is 12.6. The largest absolute Gasteiger partial charge is 0.352 e. The molecule has 0 aliphatic rings. The van der Waals surface area contributed by atoms with Gasteiger partial charge in [-0.3, -0.25) is 4.72 Å². The molecule has 2 aromatic rings. The molecule has 0 spiro atoms. The molecule has 0 unspecified atom stereocenters. The Bertz CT molecular complexity index is 634. The van der Waals surface area contributed by atoms with Gasteiger partial charge in [-0.15, -0.1) is 0 Å². The maximum atomic E-state index is 12.1. The lowest BCUT2D eigenvalue weighted by molar-refractivity contribution is 0.601. The van der Waals surface area contributed by atoms with Gasteiger partial charge in [0.1, 0.15) is 10.7 Å². The van der Waals surface area contributed by atoms with Gasteiger partial charge >= 0.3 is 0 Å². The van der Waals surface area contributed by atoms with E-state index >= 15 is 0 Å². The topological polar surface area (TPSA) is 90.0 Å². The number of rotatable bonds is 4. The molecule has 7 heteroatoms. The first-order valence-electron chi connectivity index (χ1n) is 5.32. The average Bonchev–Trinajstić information content (AvgIpc) is 2.72. The maximum absolute atomic E-state index is 12.1. The van der Waals surface area contributed by atoms with E-state index in [2.05, 4.69) is 9.71 Å². The molecule has 0 aliphatic carbocycles. The van der Waals surface area contributed by atoms with Crippen molar-refractivity contribution in [3.8, 4) is 0 Å². The number of hydrogen-bond donors (Lipinski definition) is 2. The molecule has 0 aromatic carbocycles. The molecule has 0 aliphatic heterocycles. The molecule has 3 N–H and O–H groups in total. The Morgan fingerprint density at radius 1 is 1.44 bits per heavy atom. The van der Waals surface area contributed by atoms with Crippen LogP contribution in [0, 0.1) is 0 Å². The minimum absolute atomic E-state index is 0.177. The Morgan fingerprint density at radius 2 is 2.22 bits per heavy atom. The van der Waals surface area contributed by atoms with Crippen molar-refractivity contribution in [1.82, 2.24) is 9.55 Å². The highest BCUT2D eigenvalue weighted by molar-refractivity contribution is 7.92. The Labute approximate surface area is 106 Å². The smallest absolute Gasteiger partial charge is 0.264 e. The van der Waals surface area contributed by atoms with Crippen LogP contribution < -0.4 is 10.5 Å². The molecule has 2 heterocycles. The highest BCUT2D eigenvalue weighted by atomic mass is 32.2. The number of nitrogens with one attached hydrogen (secondary N) is 1. The molecule has 0 saturated carbocycles. The Hall–Kier alpha value is -1.86. The van der Waals surface area contributed by atoms with Crippen LogP contribution in [-0.4, -0.2) is 18.0 Å². The Morgan fingerprint density at radius 3 is 2.78 bits per heavy atom. The van der Waals surface area contributed by atoms with Crippen LogP contribution in [0.4, 0.5) is 5.82 Å². The van der Waals surface area contributed by atoms with Crippen molar-refractivity contribution in [1.29, 1.82) is 0 Å². The van der Waals surface area contributed by atoms with Crippen molar-refractivity contribution in [3.05, 3.63) is 42.4 Å². The van der Waals surface area contributed by atoms with Crippen molar-refractivity contribution in [2.24, 2.45) is 12.8 Å². The van der Waals surface area contributed by atoms with E-state index in [4.69, 9.17) is 5.73 Å². The predicted molar refractivity (Wildman–Crippen MR) is 68.3 cm³/mol. The zero-order valence-electron chi connectivity index (χ0n) is 9.87. The van der Waals surface area contributed by atoms with E-state index in [0.717, 1.165) is 5.69 Å². The number of nitrogens with zero attached hydrogens (tertiary/aromatic N) is 2. The van der Waals surface area contributed by atoms with Gasteiger partial charge in [-0.2, -0.15) is 0 Å². The summed E-state index contributed by atoms with van der Waals surface area (Å²) in [7, 11) is -1.86. The molecule has 18 heavy (non-hydrogen) atoms. The second kappa shape index (κ2) is 4.79. The Balaban J connectivity index is 2.31. The molecule has 6 nitrogen and oxygen atoms in total. The summed E-state index contributed by atoms with van der Waals surface area (Å²) < 4.78 is 28.2. The van der Waals surface area contributed by atoms with Gasteiger partial charge in [-0.25, -0.2) is 13.4 Å². The Kier molecular flexibility index (Phi) is 3.35. The average molecular weight is 266 g/mol. The number of pyridine rings is 1. The standard InChI is InChI=1S/C11H14N4O2S/c1-15-8-10(6-9(15)7-12)18(16,17)14-11-4-2-3-5-13-11/h2-6,8H,7,12H2,1H3,(H,13,14). The van der Waals surface area contributed by atoms with Gasteiger partial charge in [0.05, 0.1) is 0 Å². The number of aryl methyl sites for hydroxylation is 1. The maximum Gasteiger partial charge on any atom is 0.264 e. The number of nitrogens with two attached hydrogens (primary N) is 1. The van der Waals surface area contributed by atoms with Gasteiger partial charge in [-0.1, -0.05) is 6.07 Å². The molecule has 96 valence electrons. The van der Waals surface area contributed by atoms with E-state index in [0.29, 0.717) is 0 Å². The first-order chi connectivity index (χ1) is 8.53. The zero-order chi connectivity index (χ0) is 13.2. The molecule has 0 atom stereocenters. The third-order valence-electron chi connectivity index (χ3n) is 2.51. The van der Waals surface area contributed by atoms with E-state index in [1.54, 1.807) is 35.9 Å². The highest BCUT2D eigenvalue weighted by Crippen LogP contribution is 2.16. The quantitative estimate of drug-likeness (QED) is 0.851. The summed E-state index contributed by atoms with van der Waals surface area (Å²) in [6.45, 7) is 0.287. The molecule has 0 bridgehead atoms. The van der Waals surface area contributed by atoms with Gasteiger partial charge < -0.3 is 10.3 Å². The molecule has 2 rings (SSSR count). The number of aromatic nitrogens is 2. The van der Waals surface area contributed by atoms with Crippen LogP contribution in [0.15, 0.2) is 41.6 Å².